The van der Waals surface area contributed by atoms with Gasteiger partial charge in [-0.2, -0.15) is 0 Å². The minimum Gasteiger partial charge on any atom is -0.384 e. The molecule has 4 heteroatoms. The maximum Gasteiger partial charge on any atom is 0.254 e. The molecule has 3 aliphatic rings. The lowest BCUT2D eigenvalue weighted by atomic mass is 10.1. The lowest BCUT2D eigenvalue weighted by Gasteiger charge is -2.25. The van der Waals surface area contributed by atoms with E-state index in [1.165, 1.54) is 11.3 Å². The SMILES string of the molecule is O=C(c1ccc2c(c1)CCN2)N(C[C@H]1CCOC1)C1CC1. The Morgan fingerprint density at radius 1 is 1.33 bits per heavy atom. The van der Waals surface area contributed by atoms with Crippen LogP contribution in [0.1, 0.15) is 35.2 Å². The molecule has 1 aromatic carbocycles. The van der Waals surface area contributed by atoms with Crippen molar-refractivity contribution in [3.63, 3.8) is 0 Å². The summed E-state index contributed by atoms with van der Waals surface area (Å²) >= 11 is 0. The van der Waals surface area contributed by atoms with E-state index in [0.717, 1.165) is 57.6 Å². The molecule has 112 valence electrons. The first-order chi connectivity index (χ1) is 10.3. The first-order valence-electron chi connectivity index (χ1n) is 8.07. The molecule has 1 atom stereocenters. The largest absolute Gasteiger partial charge is 0.384 e. The smallest absolute Gasteiger partial charge is 0.254 e. The van der Waals surface area contributed by atoms with Gasteiger partial charge in [-0.25, -0.2) is 0 Å². The van der Waals surface area contributed by atoms with Crippen molar-refractivity contribution < 1.29 is 9.53 Å². The van der Waals surface area contributed by atoms with E-state index in [9.17, 15) is 4.79 Å². The molecule has 2 fully saturated rings. The van der Waals surface area contributed by atoms with Crippen LogP contribution >= 0.6 is 0 Å². The second kappa shape index (κ2) is 5.34. The summed E-state index contributed by atoms with van der Waals surface area (Å²) in [6, 6.07) is 6.57. The minimum atomic E-state index is 0.208. The standard InChI is InChI=1S/C17H22N2O2/c20-17(14-1-4-16-13(9-14)5-7-18-16)19(15-2-3-15)10-12-6-8-21-11-12/h1,4,9,12,15,18H,2-3,5-8,10-11H2/t12-/m1/s1. The molecule has 2 heterocycles. The summed E-state index contributed by atoms with van der Waals surface area (Å²) in [5, 5.41) is 3.35. The van der Waals surface area contributed by atoms with Gasteiger partial charge in [-0.05, 0) is 49.4 Å². The summed E-state index contributed by atoms with van der Waals surface area (Å²) in [7, 11) is 0. The van der Waals surface area contributed by atoms with E-state index >= 15 is 0 Å². The van der Waals surface area contributed by atoms with Gasteiger partial charge in [0.05, 0.1) is 6.61 Å². The number of benzene rings is 1. The Balaban J connectivity index is 1.53. The molecular weight excluding hydrogens is 264 g/mol. The van der Waals surface area contributed by atoms with Gasteiger partial charge < -0.3 is 15.0 Å². The van der Waals surface area contributed by atoms with Crippen LogP contribution in [0.2, 0.25) is 0 Å². The fourth-order valence-corrected chi connectivity index (χ4v) is 3.39. The Morgan fingerprint density at radius 3 is 3.00 bits per heavy atom. The predicted octanol–water partition coefficient (Wildman–Crippen LogP) is 2.30. The second-order valence-corrected chi connectivity index (χ2v) is 6.47. The molecule has 0 spiro atoms. The third-order valence-electron chi connectivity index (χ3n) is 4.79. The molecule has 0 unspecified atom stereocenters. The summed E-state index contributed by atoms with van der Waals surface area (Å²) in [5.41, 5.74) is 3.32. The van der Waals surface area contributed by atoms with E-state index in [1.807, 2.05) is 6.07 Å². The summed E-state index contributed by atoms with van der Waals surface area (Å²) in [4.78, 5) is 15.0. The number of ether oxygens (including phenoxy) is 1. The molecule has 1 N–H and O–H groups in total. The Labute approximate surface area is 125 Å². The van der Waals surface area contributed by atoms with E-state index in [1.54, 1.807) is 0 Å². The highest BCUT2D eigenvalue weighted by molar-refractivity contribution is 5.95. The van der Waals surface area contributed by atoms with Crippen LogP contribution in [-0.2, 0) is 11.2 Å². The third-order valence-corrected chi connectivity index (χ3v) is 4.79. The lowest BCUT2D eigenvalue weighted by Crippen LogP contribution is -2.37. The summed E-state index contributed by atoms with van der Waals surface area (Å²) in [6.07, 6.45) is 4.43. The number of hydrogen-bond acceptors (Lipinski definition) is 3. The van der Waals surface area contributed by atoms with Gasteiger partial charge in [-0.1, -0.05) is 0 Å². The highest BCUT2D eigenvalue weighted by Crippen LogP contribution is 2.31. The van der Waals surface area contributed by atoms with Gasteiger partial charge in [0.25, 0.3) is 5.91 Å². The maximum absolute atomic E-state index is 12.9. The Morgan fingerprint density at radius 2 is 2.24 bits per heavy atom. The molecule has 2 aliphatic heterocycles. The van der Waals surface area contributed by atoms with Crippen LogP contribution in [0.15, 0.2) is 18.2 Å². The normalized spacial score (nSPS) is 23.7. The van der Waals surface area contributed by atoms with Crippen molar-refractivity contribution in [2.24, 2.45) is 5.92 Å². The molecule has 1 aliphatic carbocycles. The number of nitrogens with one attached hydrogen (secondary N) is 1. The Hall–Kier alpha value is -1.55. The van der Waals surface area contributed by atoms with Crippen LogP contribution in [-0.4, -0.2) is 43.2 Å². The van der Waals surface area contributed by atoms with Crippen molar-refractivity contribution in [1.29, 1.82) is 0 Å². The molecule has 1 aromatic rings. The van der Waals surface area contributed by atoms with Crippen molar-refractivity contribution in [3.05, 3.63) is 29.3 Å². The topological polar surface area (TPSA) is 41.6 Å². The van der Waals surface area contributed by atoms with E-state index in [-0.39, 0.29) is 5.91 Å². The predicted molar refractivity (Wildman–Crippen MR) is 81.6 cm³/mol. The van der Waals surface area contributed by atoms with E-state index in [2.05, 4.69) is 22.3 Å². The molecule has 4 rings (SSSR count). The lowest BCUT2D eigenvalue weighted by molar-refractivity contribution is 0.0706. The van der Waals surface area contributed by atoms with Crippen molar-refractivity contribution >= 4 is 11.6 Å². The molecule has 1 amide bonds. The van der Waals surface area contributed by atoms with Gasteiger partial charge in [0, 0.05) is 42.9 Å². The van der Waals surface area contributed by atoms with Crippen LogP contribution < -0.4 is 5.32 Å². The van der Waals surface area contributed by atoms with Crippen molar-refractivity contribution in [1.82, 2.24) is 4.90 Å². The zero-order valence-electron chi connectivity index (χ0n) is 12.3. The van der Waals surface area contributed by atoms with Gasteiger partial charge in [0.1, 0.15) is 0 Å². The molecular formula is C17H22N2O2. The molecule has 4 nitrogen and oxygen atoms in total. The highest BCUT2D eigenvalue weighted by atomic mass is 16.5. The molecule has 1 saturated heterocycles. The average molecular weight is 286 g/mol. The Bertz CT molecular complexity index is 548. The molecule has 0 bridgehead atoms. The van der Waals surface area contributed by atoms with Gasteiger partial charge in [-0.15, -0.1) is 0 Å². The zero-order chi connectivity index (χ0) is 14.2. The van der Waals surface area contributed by atoms with Gasteiger partial charge in [0.15, 0.2) is 0 Å². The number of carbonyl (C=O) groups excluding carboxylic acids is 1. The van der Waals surface area contributed by atoms with Crippen LogP contribution in [0.4, 0.5) is 5.69 Å². The molecule has 0 radical (unpaired) electrons. The average Bonchev–Trinajstić information content (AvgIpc) is 3.02. The summed E-state index contributed by atoms with van der Waals surface area (Å²) in [6.45, 7) is 3.50. The first kappa shape index (κ1) is 13.1. The number of fused-ring (bicyclic) bond motifs is 1. The van der Waals surface area contributed by atoms with Crippen LogP contribution in [0.25, 0.3) is 0 Å². The van der Waals surface area contributed by atoms with Crippen LogP contribution in [0, 0.1) is 5.92 Å². The van der Waals surface area contributed by atoms with E-state index in [0.29, 0.717) is 12.0 Å². The molecule has 1 saturated carbocycles. The quantitative estimate of drug-likeness (QED) is 0.923. The fraction of sp³-hybridized carbons (Fsp3) is 0.588. The number of amides is 1. The van der Waals surface area contributed by atoms with Gasteiger partial charge >= 0.3 is 0 Å². The number of nitrogens with zero attached hydrogens (tertiary/aromatic N) is 1. The first-order valence-corrected chi connectivity index (χ1v) is 8.07. The maximum atomic E-state index is 12.9. The Kier molecular flexibility index (Phi) is 3.34. The third kappa shape index (κ3) is 2.64. The number of anilines is 1. The van der Waals surface area contributed by atoms with Crippen molar-refractivity contribution in [2.45, 2.75) is 31.7 Å². The number of carbonyl (C=O) groups is 1. The monoisotopic (exact) mass is 286 g/mol. The van der Waals surface area contributed by atoms with Gasteiger partial charge in [-0.3, -0.25) is 4.79 Å². The summed E-state index contributed by atoms with van der Waals surface area (Å²) < 4.78 is 5.46. The van der Waals surface area contributed by atoms with Gasteiger partial charge in [0.2, 0.25) is 0 Å². The molecule has 21 heavy (non-hydrogen) atoms. The van der Waals surface area contributed by atoms with Crippen LogP contribution in [0.5, 0.6) is 0 Å². The van der Waals surface area contributed by atoms with Crippen molar-refractivity contribution in [3.8, 4) is 0 Å². The highest BCUT2D eigenvalue weighted by Gasteiger charge is 2.35. The zero-order valence-corrected chi connectivity index (χ0v) is 12.3. The summed E-state index contributed by atoms with van der Waals surface area (Å²) in [5.74, 6) is 0.727. The minimum absolute atomic E-state index is 0.208. The molecule has 0 aromatic heterocycles. The van der Waals surface area contributed by atoms with E-state index in [4.69, 9.17) is 4.74 Å². The number of hydrogen-bond donors (Lipinski definition) is 1. The number of rotatable bonds is 4. The second-order valence-electron chi connectivity index (χ2n) is 6.47. The fourth-order valence-electron chi connectivity index (χ4n) is 3.39. The van der Waals surface area contributed by atoms with Crippen molar-refractivity contribution in [2.75, 3.05) is 31.6 Å². The van der Waals surface area contributed by atoms with E-state index < -0.39 is 0 Å². The van der Waals surface area contributed by atoms with Crippen LogP contribution in [0.3, 0.4) is 0 Å².